The topological polar surface area (TPSA) is 77.1 Å². The van der Waals surface area contributed by atoms with Crippen LogP contribution < -0.4 is 11.1 Å². The summed E-state index contributed by atoms with van der Waals surface area (Å²) in [6.07, 6.45) is 0. The van der Waals surface area contributed by atoms with Crippen LogP contribution in [0, 0.1) is 0 Å². The molecular formula is C18H17N3O3. The minimum absolute atomic E-state index is 0.149. The SMILES string of the molecule is C[C@@H](NC(=O)Cn1c(-c2ccccc2)noc1=O)c1ccccc1. The molecule has 2 aromatic carbocycles. The van der Waals surface area contributed by atoms with E-state index in [1.807, 2.05) is 55.5 Å². The summed E-state index contributed by atoms with van der Waals surface area (Å²) in [5.74, 6) is -0.603. The minimum atomic E-state index is -0.656. The van der Waals surface area contributed by atoms with E-state index in [0.717, 1.165) is 5.56 Å². The van der Waals surface area contributed by atoms with E-state index >= 15 is 0 Å². The first-order valence-corrected chi connectivity index (χ1v) is 7.61. The van der Waals surface area contributed by atoms with Gasteiger partial charge < -0.3 is 5.32 Å². The molecule has 3 aromatic rings. The second-order valence-corrected chi connectivity index (χ2v) is 5.42. The maximum atomic E-state index is 12.3. The van der Waals surface area contributed by atoms with Crippen molar-refractivity contribution in [3.63, 3.8) is 0 Å². The molecule has 1 N–H and O–H groups in total. The van der Waals surface area contributed by atoms with Crippen LogP contribution in [0.4, 0.5) is 0 Å². The summed E-state index contributed by atoms with van der Waals surface area (Å²) in [7, 11) is 0. The standard InChI is InChI=1S/C18H17N3O3/c1-13(14-8-4-2-5-9-14)19-16(22)12-21-17(20-24-18(21)23)15-10-6-3-7-11-15/h2-11,13H,12H2,1H3,(H,19,22)/t13-/m1/s1. The van der Waals surface area contributed by atoms with E-state index < -0.39 is 5.76 Å². The van der Waals surface area contributed by atoms with Crippen LogP contribution in [-0.2, 0) is 11.3 Å². The van der Waals surface area contributed by atoms with Crippen molar-refractivity contribution >= 4 is 5.91 Å². The van der Waals surface area contributed by atoms with E-state index in [0.29, 0.717) is 11.4 Å². The Kier molecular flexibility index (Phi) is 4.56. The number of nitrogens with one attached hydrogen (secondary N) is 1. The highest BCUT2D eigenvalue weighted by molar-refractivity contribution is 5.76. The van der Waals surface area contributed by atoms with E-state index in [1.165, 1.54) is 4.57 Å². The highest BCUT2D eigenvalue weighted by atomic mass is 16.5. The molecule has 0 unspecified atom stereocenters. The number of carbonyl (C=O) groups excluding carboxylic acids is 1. The molecule has 1 aromatic heterocycles. The molecule has 0 bridgehead atoms. The van der Waals surface area contributed by atoms with E-state index in [9.17, 15) is 9.59 Å². The quantitative estimate of drug-likeness (QED) is 0.782. The zero-order valence-electron chi connectivity index (χ0n) is 13.2. The Labute approximate surface area is 138 Å². The van der Waals surface area contributed by atoms with Crippen LogP contribution in [0.5, 0.6) is 0 Å². The molecule has 0 saturated carbocycles. The molecule has 0 radical (unpaired) electrons. The molecule has 6 nitrogen and oxygen atoms in total. The van der Waals surface area contributed by atoms with Crippen molar-refractivity contribution in [1.82, 2.24) is 15.0 Å². The molecule has 0 spiro atoms. The van der Waals surface area contributed by atoms with Gasteiger partial charge >= 0.3 is 5.76 Å². The van der Waals surface area contributed by atoms with Gasteiger partial charge in [0.05, 0.1) is 6.04 Å². The van der Waals surface area contributed by atoms with Gasteiger partial charge in [-0.3, -0.25) is 9.32 Å². The van der Waals surface area contributed by atoms with Gasteiger partial charge in [-0.25, -0.2) is 9.36 Å². The Bertz CT molecular complexity index is 869. The number of rotatable bonds is 5. The molecule has 1 heterocycles. The minimum Gasteiger partial charge on any atom is -0.348 e. The first kappa shape index (κ1) is 15.7. The number of hydrogen-bond donors (Lipinski definition) is 1. The maximum absolute atomic E-state index is 12.3. The van der Waals surface area contributed by atoms with Gasteiger partial charge in [-0.1, -0.05) is 65.8 Å². The number of nitrogens with zero attached hydrogens (tertiary/aromatic N) is 2. The molecule has 24 heavy (non-hydrogen) atoms. The third kappa shape index (κ3) is 3.43. The number of benzene rings is 2. The van der Waals surface area contributed by atoms with Crippen LogP contribution in [0.15, 0.2) is 70.0 Å². The maximum Gasteiger partial charge on any atom is 0.442 e. The predicted octanol–water partition coefficient (Wildman–Crippen LogP) is 2.38. The summed E-state index contributed by atoms with van der Waals surface area (Å²) in [5, 5.41) is 6.64. The largest absolute Gasteiger partial charge is 0.442 e. The number of amides is 1. The van der Waals surface area contributed by atoms with Crippen molar-refractivity contribution in [2.75, 3.05) is 0 Å². The van der Waals surface area contributed by atoms with E-state index in [4.69, 9.17) is 4.52 Å². The summed E-state index contributed by atoms with van der Waals surface area (Å²) < 4.78 is 5.94. The van der Waals surface area contributed by atoms with E-state index in [-0.39, 0.29) is 18.5 Å². The first-order chi connectivity index (χ1) is 11.6. The molecule has 1 amide bonds. The Morgan fingerprint density at radius 1 is 1.12 bits per heavy atom. The first-order valence-electron chi connectivity index (χ1n) is 7.61. The summed E-state index contributed by atoms with van der Waals surface area (Å²) in [6, 6.07) is 18.6. The second-order valence-electron chi connectivity index (χ2n) is 5.42. The lowest BCUT2D eigenvalue weighted by Crippen LogP contribution is -2.33. The average Bonchev–Trinajstić information content (AvgIpc) is 2.97. The zero-order chi connectivity index (χ0) is 16.9. The van der Waals surface area contributed by atoms with E-state index in [1.54, 1.807) is 12.1 Å². The normalized spacial score (nSPS) is 11.9. The number of carbonyl (C=O) groups is 1. The molecule has 0 fully saturated rings. The lowest BCUT2D eigenvalue weighted by molar-refractivity contribution is -0.122. The Hall–Kier alpha value is -3.15. The van der Waals surface area contributed by atoms with Gasteiger partial charge in [-0.05, 0) is 12.5 Å². The van der Waals surface area contributed by atoms with Gasteiger partial charge in [0.1, 0.15) is 6.54 Å². The molecule has 1 atom stereocenters. The van der Waals surface area contributed by atoms with Crippen molar-refractivity contribution in [3.05, 3.63) is 76.8 Å². The third-order valence-electron chi connectivity index (χ3n) is 3.70. The predicted molar refractivity (Wildman–Crippen MR) is 89.2 cm³/mol. The van der Waals surface area contributed by atoms with Crippen LogP contribution >= 0.6 is 0 Å². The lowest BCUT2D eigenvalue weighted by Gasteiger charge is -2.14. The number of aromatic nitrogens is 2. The second kappa shape index (κ2) is 6.95. The summed E-state index contributed by atoms with van der Waals surface area (Å²) in [4.78, 5) is 24.1. The Morgan fingerprint density at radius 3 is 2.42 bits per heavy atom. The van der Waals surface area contributed by atoms with Gasteiger partial charge in [-0.15, -0.1) is 0 Å². The molecule has 0 saturated heterocycles. The van der Waals surface area contributed by atoms with Crippen molar-refractivity contribution in [2.45, 2.75) is 19.5 Å². The molecule has 0 aliphatic heterocycles. The molecule has 3 rings (SSSR count). The fourth-order valence-electron chi connectivity index (χ4n) is 2.46. The lowest BCUT2D eigenvalue weighted by atomic mass is 10.1. The summed E-state index contributed by atoms with van der Waals surface area (Å²) in [6.45, 7) is 1.74. The molecule has 6 heteroatoms. The highest BCUT2D eigenvalue weighted by Gasteiger charge is 2.17. The fourth-order valence-corrected chi connectivity index (χ4v) is 2.46. The smallest absolute Gasteiger partial charge is 0.348 e. The van der Waals surface area contributed by atoms with Crippen LogP contribution in [0.3, 0.4) is 0 Å². The van der Waals surface area contributed by atoms with Crippen LogP contribution in [0.2, 0.25) is 0 Å². The molecule has 122 valence electrons. The fraction of sp³-hybridized carbons (Fsp3) is 0.167. The van der Waals surface area contributed by atoms with Crippen molar-refractivity contribution in [2.24, 2.45) is 0 Å². The van der Waals surface area contributed by atoms with Gasteiger partial charge in [0, 0.05) is 5.56 Å². The Morgan fingerprint density at radius 2 is 1.75 bits per heavy atom. The van der Waals surface area contributed by atoms with Gasteiger partial charge in [0.25, 0.3) is 0 Å². The third-order valence-corrected chi connectivity index (χ3v) is 3.70. The molecule has 0 aliphatic rings. The van der Waals surface area contributed by atoms with Crippen LogP contribution in [0.1, 0.15) is 18.5 Å². The van der Waals surface area contributed by atoms with Gasteiger partial charge in [-0.2, -0.15) is 0 Å². The highest BCUT2D eigenvalue weighted by Crippen LogP contribution is 2.15. The molecular weight excluding hydrogens is 306 g/mol. The van der Waals surface area contributed by atoms with Gasteiger partial charge in [0.15, 0.2) is 5.82 Å². The monoisotopic (exact) mass is 323 g/mol. The van der Waals surface area contributed by atoms with Gasteiger partial charge in [0.2, 0.25) is 5.91 Å². The van der Waals surface area contributed by atoms with Crippen molar-refractivity contribution < 1.29 is 9.32 Å². The van der Waals surface area contributed by atoms with Crippen LogP contribution in [0.25, 0.3) is 11.4 Å². The van der Waals surface area contributed by atoms with Crippen molar-refractivity contribution in [1.29, 1.82) is 0 Å². The average molecular weight is 323 g/mol. The summed E-state index contributed by atoms with van der Waals surface area (Å²) in [5.41, 5.74) is 1.71. The Balaban J connectivity index is 1.76. The summed E-state index contributed by atoms with van der Waals surface area (Å²) >= 11 is 0. The zero-order valence-corrected chi connectivity index (χ0v) is 13.2. The number of hydrogen-bond acceptors (Lipinski definition) is 4. The van der Waals surface area contributed by atoms with E-state index in [2.05, 4.69) is 10.5 Å². The van der Waals surface area contributed by atoms with Crippen LogP contribution in [-0.4, -0.2) is 15.6 Å². The van der Waals surface area contributed by atoms with Crippen molar-refractivity contribution in [3.8, 4) is 11.4 Å². The molecule has 0 aliphatic carbocycles.